The molecule has 116 valence electrons. The molecule has 0 saturated carbocycles. The Bertz CT molecular complexity index is 284. The number of allylic oxidation sites excluding steroid dienone is 1. The van der Waals surface area contributed by atoms with E-state index in [-0.39, 0.29) is 12.8 Å². The highest BCUT2D eigenvalue weighted by molar-refractivity contribution is 5.75. The fourth-order valence-electron chi connectivity index (χ4n) is 1.85. The Kier molecular flexibility index (Phi) is 13.2. The topological polar surface area (TPSA) is 66.4 Å². The Labute approximate surface area is 122 Å². The third kappa shape index (κ3) is 14.7. The zero-order chi connectivity index (χ0) is 15.1. The maximum Gasteiger partial charge on any atom is 0.310 e. The van der Waals surface area contributed by atoms with Crippen molar-refractivity contribution < 1.29 is 19.4 Å². The summed E-state index contributed by atoms with van der Waals surface area (Å²) in [6, 6.07) is 0. The van der Waals surface area contributed by atoms with Crippen molar-refractivity contribution in [3.63, 3.8) is 0 Å². The maximum absolute atomic E-state index is 11.0. The first-order valence-electron chi connectivity index (χ1n) is 7.71. The second-order valence-electron chi connectivity index (χ2n) is 5.00. The lowest BCUT2D eigenvalue weighted by atomic mass is 10.1. The van der Waals surface area contributed by atoms with Crippen LogP contribution in [-0.4, -0.2) is 11.9 Å². The van der Waals surface area contributed by atoms with Gasteiger partial charge in [-0.3, -0.25) is 4.79 Å². The predicted octanol–water partition coefficient (Wildman–Crippen LogP) is 3.10. The molecule has 0 radical (unpaired) electrons. The third-order valence-corrected chi connectivity index (χ3v) is 3.05. The van der Waals surface area contributed by atoms with Crippen molar-refractivity contribution in [2.45, 2.75) is 77.6 Å². The van der Waals surface area contributed by atoms with Gasteiger partial charge in [-0.2, -0.15) is 0 Å². The van der Waals surface area contributed by atoms with E-state index >= 15 is 0 Å². The van der Waals surface area contributed by atoms with E-state index in [1.165, 1.54) is 51.2 Å². The SMILES string of the molecule is CCCCCCCCCCC=COC(=O)CCC(=O)[O-]. The molecule has 0 aromatic rings. The zero-order valence-corrected chi connectivity index (χ0v) is 12.6. The van der Waals surface area contributed by atoms with Crippen LogP contribution in [0, 0.1) is 0 Å². The first kappa shape index (κ1) is 18.7. The van der Waals surface area contributed by atoms with Gasteiger partial charge in [0.2, 0.25) is 0 Å². The minimum absolute atomic E-state index is 0.134. The van der Waals surface area contributed by atoms with Gasteiger partial charge in [0.25, 0.3) is 0 Å². The van der Waals surface area contributed by atoms with Crippen LogP contribution in [0.1, 0.15) is 77.6 Å². The quantitative estimate of drug-likeness (QED) is 0.296. The summed E-state index contributed by atoms with van der Waals surface area (Å²) in [6.45, 7) is 2.22. The summed E-state index contributed by atoms with van der Waals surface area (Å²) < 4.78 is 4.75. The van der Waals surface area contributed by atoms with Crippen LogP contribution in [0.5, 0.6) is 0 Å². The fraction of sp³-hybridized carbons (Fsp3) is 0.750. The highest BCUT2D eigenvalue weighted by atomic mass is 16.5. The number of aliphatic carboxylic acids is 1. The van der Waals surface area contributed by atoms with Gasteiger partial charge in [-0.15, -0.1) is 0 Å². The Balaban J connectivity index is 3.27. The molecule has 0 aromatic carbocycles. The molecule has 0 bridgehead atoms. The number of esters is 1. The molecule has 0 aliphatic rings. The van der Waals surface area contributed by atoms with Crippen molar-refractivity contribution in [1.82, 2.24) is 0 Å². The van der Waals surface area contributed by atoms with E-state index in [2.05, 4.69) is 6.92 Å². The van der Waals surface area contributed by atoms with Gasteiger partial charge >= 0.3 is 5.97 Å². The Morgan fingerprint density at radius 1 is 0.950 bits per heavy atom. The van der Waals surface area contributed by atoms with E-state index in [1.807, 2.05) is 6.08 Å². The molecular formula is C16H27O4-. The van der Waals surface area contributed by atoms with Crippen LogP contribution >= 0.6 is 0 Å². The number of hydrogen-bond donors (Lipinski definition) is 0. The average Bonchev–Trinajstić information content (AvgIpc) is 2.42. The van der Waals surface area contributed by atoms with E-state index in [0.29, 0.717) is 0 Å². The molecule has 0 aliphatic carbocycles. The maximum atomic E-state index is 11.0. The summed E-state index contributed by atoms with van der Waals surface area (Å²) in [6.07, 6.45) is 13.8. The molecule has 0 rings (SSSR count). The minimum Gasteiger partial charge on any atom is -0.550 e. The standard InChI is InChI=1S/C16H28O4/c1-2-3-4-5-6-7-8-9-10-11-14-20-16(19)13-12-15(17)18/h11,14H,2-10,12-13H2,1H3,(H,17,18)/p-1. The molecule has 0 amide bonds. The second-order valence-corrected chi connectivity index (χ2v) is 5.00. The molecule has 0 spiro atoms. The number of carboxylic acid groups (broad SMARTS) is 1. The summed E-state index contributed by atoms with van der Waals surface area (Å²) in [5.74, 6) is -1.76. The minimum atomic E-state index is -1.23. The van der Waals surface area contributed by atoms with E-state index < -0.39 is 11.9 Å². The van der Waals surface area contributed by atoms with Gasteiger partial charge in [0.05, 0.1) is 12.7 Å². The van der Waals surface area contributed by atoms with Crippen LogP contribution in [0.3, 0.4) is 0 Å². The van der Waals surface area contributed by atoms with Gasteiger partial charge in [0.15, 0.2) is 0 Å². The van der Waals surface area contributed by atoms with Crippen LogP contribution in [0.4, 0.5) is 0 Å². The van der Waals surface area contributed by atoms with Crippen LogP contribution < -0.4 is 5.11 Å². The van der Waals surface area contributed by atoms with E-state index in [0.717, 1.165) is 12.8 Å². The molecule has 0 aromatic heterocycles. The van der Waals surface area contributed by atoms with Crippen molar-refractivity contribution in [2.24, 2.45) is 0 Å². The zero-order valence-electron chi connectivity index (χ0n) is 12.6. The molecule has 0 fully saturated rings. The van der Waals surface area contributed by atoms with Crippen molar-refractivity contribution >= 4 is 11.9 Å². The number of hydrogen-bond acceptors (Lipinski definition) is 4. The van der Waals surface area contributed by atoms with Gasteiger partial charge in [-0.1, -0.05) is 51.9 Å². The number of carbonyl (C=O) groups is 2. The van der Waals surface area contributed by atoms with Gasteiger partial charge < -0.3 is 14.6 Å². The Hall–Kier alpha value is -1.32. The molecule has 20 heavy (non-hydrogen) atoms. The summed E-state index contributed by atoms with van der Waals surface area (Å²) in [5, 5.41) is 10.1. The first-order valence-corrected chi connectivity index (χ1v) is 7.71. The Morgan fingerprint density at radius 2 is 1.55 bits per heavy atom. The molecule has 4 nitrogen and oxygen atoms in total. The molecule has 0 saturated heterocycles. The molecule has 0 N–H and O–H groups in total. The number of carboxylic acids is 1. The summed E-state index contributed by atoms with van der Waals surface area (Å²) >= 11 is 0. The predicted molar refractivity (Wildman–Crippen MR) is 76.7 cm³/mol. The average molecular weight is 283 g/mol. The molecule has 4 heteroatoms. The number of rotatable bonds is 13. The van der Waals surface area contributed by atoms with E-state index in [4.69, 9.17) is 4.74 Å². The van der Waals surface area contributed by atoms with Crippen molar-refractivity contribution in [2.75, 3.05) is 0 Å². The van der Waals surface area contributed by atoms with Crippen LogP contribution in [0.15, 0.2) is 12.3 Å². The van der Waals surface area contributed by atoms with Crippen LogP contribution in [0.25, 0.3) is 0 Å². The molecule has 0 unspecified atom stereocenters. The largest absolute Gasteiger partial charge is 0.550 e. The van der Waals surface area contributed by atoms with Crippen molar-refractivity contribution in [3.8, 4) is 0 Å². The molecule has 0 aliphatic heterocycles. The lowest BCUT2D eigenvalue weighted by Crippen LogP contribution is -2.22. The van der Waals surface area contributed by atoms with E-state index in [1.54, 1.807) is 0 Å². The lowest BCUT2D eigenvalue weighted by molar-refractivity contribution is -0.305. The highest BCUT2D eigenvalue weighted by Gasteiger charge is 1.99. The van der Waals surface area contributed by atoms with Gasteiger partial charge in [0, 0.05) is 5.97 Å². The second kappa shape index (κ2) is 14.1. The third-order valence-electron chi connectivity index (χ3n) is 3.05. The number of ether oxygens (including phenoxy) is 1. The monoisotopic (exact) mass is 283 g/mol. The highest BCUT2D eigenvalue weighted by Crippen LogP contribution is 2.09. The fourth-order valence-corrected chi connectivity index (χ4v) is 1.85. The smallest absolute Gasteiger partial charge is 0.310 e. The molecular weight excluding hydrogens is 256 g/mol. The summed E-state index contributed by atoms with van der Waals surface area (Å²) in [5.41, 5.74) is 0. The number of unbranched alkanes of at least 4 members (excludes halogenated alkanes) is 8. The number of carbonyl (C=O) groups excluding carboxylic acids is 2. The van der Waals surface area contributed by atoms with Gasteiger partial charge in [-0.25, -0.2) is 0 Å². The lowest BCUT2D eigenvalue weighted by Gasteiger charge is -2.01. The molecule has 0 heterocycles. The normalized spacial score (nSPS) is 10.8. The summed E-state index contributed by atoms with van der Waals surface area (Å²) in [7, 11) is 0. The first-order chi connectivity index (χ1) is 9.66. The molecule has 0 atom stereocenters. The summed E-state index contributed by atoms with van der Waals surface area (Å²) in [4.78, 5) is 21.2. The van der Waals surface area contributed by atoms with Crippen LogP contribution in [0.2, 0.25) is 0 Å². The van der Waals surface area contributed by atoms with Crippen LogP contribution in [-0.2, 0) is 14.3 Å². The van der Waals surface area contributed by atoms with Crippen molar-refractivity contribution in [3.05, 3.63) is 12.3 Å². The van der Waals surface area contributed by atoms with Gasteiger partial charge in [0.1, 0.15) is 0 Å². The van der Waals surface area contributed by atoms with Gasteiger partial charge in [-0.05, 0) is 25.3 Å². The van der Waals surface area contributed by atoms with Crippen molar-refractivity contribution in [1.29, 1.82) is 0 Å². The van der Waals surface area contributed by atoms with E-state index in [9.17, 15) is 14.7 Å². The Morgan fingerprint density at radius 3 is 2.15 bits per heavy atom.